The van der Waals surface area contributed by atoms with Crippen LogP contribution in [-0.2, 0) is 10.0 Å². The summed E-state index contributed by atoms with van der Waals surface area (Å²) in [6.45, 7) is -0.164. The Morgan fingerprint density at radius 1 is 1.17 bits per heavy atom. The number of rotatable bonds is 6. The van der Waals surface area contributed by atoms with Crippen LogP contribution < -0.4 is 9.62 Å². The van der Waals surface area contributed by atoms with Crippen molar-refractivity contribution in [3.8, 4) is 0 Å². The normalized spacial score (nSPS) is 11.1. The quantitative estimate of drug-likeness (QED) is 0.850. The molecule has 2 rings (SSSR count). The molecule has 1 N–H and O–H groups in total. The molecule has 0 fully saturated rings. The molecule has 2 aromatic rings. The van der Waals surface area contributed by atoms with Gasteiger partial charge in [0.1, 0.15) is 5.82 Å². The Hall–Kier alpha value is -2.12. The highest BCUT2D eigenvalue weighted by Crippen LogP contribution is 2.19. The summed E-state index contributed by atoms with van der Waals surface area (Å²) >= 11 is 5.80. The van der Waals surface area contributed by atoms with E-state index in [0.29, 0.717) is 5.69 Å². The van der Waals surface area contributed by atoms with E-state index in [1.54, 1.807) is 30.3 Å². The predicted molar refractivity (Wildman–Crippen MR) is 92.4 cm³/mol. The van der Waals surface area contributed by atoms with Gasteiger partial charge in [-0.25, -0.2) is 12.8 Å². The Bertz CT molecular complexity index is 808. The summed E-state index contributed by atoms with van der Waals surface area (Å²) in [6, 6.07) is 12.4. The van der Waals surface area contributed by atoms with E-state index in [-0.39, 0.29) is 22.9 Å². The third kappa shape index (κ3) is 4.24. The second-order valence-corrected chi connectivity index (χ2v) is 7.50. The first kappa shape index (κ1) is 18.2. The molecule has 0 radical (unpaired) electrons. The van der Waals surface area contributed by atoms with Crippen molar-refractivity contribution in [3.05, 3.63) is 64.9 Å². The molecule has 5 nitrogen and oxygen atoms in total. The van der Waals surface area contributed by atoms with Crippen molar-refractivity contribution in [3.63, 3.8) is 0 Å². The minimum absolute atomic E-state index is 0.0308. The minimum atomic E-state index is -3.62. The molecule has 0 unspecified atom stereocenters. The summed E-state index contributed by atoms with van der Waals surface area (Å²) in [7, 11) is -2.19. The number of hydrogen-bond acceptors (Lipinski definition) is 3. The van der Waals surface area contributed by atoms with Gasteiger partial charge in [-0.2, -0.15) is 0 Å². The lowest BCUT2D eigenvalue weighted by Crippen LogP contribution is -2.36. The van der Waals surface area contributed by atoms with E-state index in [4.69, 9.17) is 11.6 Å². The van der Waals surface area contributed by atoms with Crippen LogP contribution in [0.5, 0.6) is 0 Å². The van der Waals surface area contributed by atoms with Crippen molar-refractivity contribution in [2.75, 3.05) is 23.7 Å². The molecule has 0 spiro atoms. The number of carbonyl (C=O) groups excluding carboxylic acids is 1. The van der Waals surface area contributed by atoms with Crippen molar-refractivity contribution in [1.29, 1.82) is 0 Å². The number of para-hydroxylation sites is 1. The molecule has 128 valence electrons. The summed E-state index contributed by atoms with van der Waals surface area (Å²) in [5, 5.41) is 2.34. The Labute approximate surface area is 145 Å². The fourth-order valence-electron chi connectivity index (χ4n) is 2.03. The van der Waals surface area contributed by atoms with Gasteiger partial charge in [-0.1, -0.05) is 35.9 Å². The van der Waals surface area contributed by atoms with E-state index in [1.165, 1.54) is 19.2 Å². The zero-order valence-corrected chi connectivity index (χ0v) is 14.4. The highest BCUT2D eigenvalue weighted by Gasteiger charge is 2.20. The van der Waals surface area contributed by atoms with Gasteiger partial charge in [0.25, 0.3) is 5.91 Å². The lowest BCUT2D eigenvalue weighted by molar-refractivity contribution is 0.0952. The van der Waals surface area contributed by atoms with Gasteiger partial charge >= 0.3 is 0 Å². The van der Waals surface area contributed by atoms with Crippen LogP contribution in [0.3, 0.4) is 0 Å². The highest BCUT2D eigenvalue weighted by molar-refractivity contribution is 7.92. The van der Waals surface area contributed by atoms with E-state index < -0.39 is 21.7 Å². The number of amides is 1. The molecule has 0 saturated heterocycles. The Morgan fingerprint density at radius 2 is 1.83 bits per heavy atom. The van der Waals surface area contributed by atoms with Crippen molar-refractivity contribution in [2.24, 2.45) is 0 Å². The maximum atomic E-state index is 13.6. The summed E-state index contributed by atoms with van der Waals surface area (Å²) in [5.74, 6) is -1.84. The molecule has 0 saturated carbocycles. The smallest absolute Gasteiger partial charge is 0.255 e. The highest BCUT2D eigenvalue weighted by atomic mass is 35.5. The Kier molecular flexibility index (Phi) is 5.80. The van der Waals surface area contributed by atoms with Gasteiger partial charge in [-0.3, -0.25) is 9.10 Å². The number of carbonyl (C=O) groups is 1. The van der Waals surface area contributed by atoms with Crippen molar-refractivity contribution >= 4 is 33.2 Å². The molecule has 2 aromatic carbocycles. The van der Waals surface area contributed by atoms with Gasteiger partial charge in [-0.15, -0.1) is 0 Å². The molecule has 0 aliphatic heterocycles. The number of sulfonamides is 1. The van der Waals surface area contributed by atoms with Crippen LogP contribution >= 0.6 is 11.6 Å². The molecule has 0 atom stereocenters. The van der Waals surface area contributed by atoms with Crippen LogP contribution in [0.4, 0.5) is 10.1 Å². The summed E-state index contributed by atoms with van der Waals surface area (Å²) in [4.78, 5) is 12.0. The van der Waals surface area contributed by atoms with E-state index in [9.17, 15) is 17.6 Å². The van der Waals surface area contributed by atoms with Gasteiger partial charge in [-0.05, 0) is 24.3 Å². The number of hydrogen-bond donors (Lipinski definition) is 1. The molecule has 1 amide bonds. The third-order valence-electron chi connectivity index (χ3n) is 3.37. The van der Waals surface area contributed by atoms with Gasteiger partial charge < -0.3 is 5.32 Å². The molecular weight excluding hydrogens is 355 g/mol. The molecular formula is C16H16ClFN2O3S. The maximum Gasteiger partial charge on any atom is 0.255 e. The van der Waals surface area contributed by atoms with Crippen LogP contribution in [0, 0.1) is 5.82 Å². The standard InChI is InChI=1S/C16H16ClFN2O3S/c1-20(12-6-3-2-4-7-12)24(22,23)11-10-19-16(21)15-13(17)8-5-9-14(15)18/h2-9H,10-11H2,1H3,(H,19,21). The predicted octanol–water partition coefficient (Wildman–Crippen LogP) is 2.68. The third-order valence-corrected chi connectivity index (χ3v) is 5.45. The van der Waals surface area contributed by atoms with E-state index in [1.807, 2.05) is 0 Å². The fourth-order valence-corrected chi connectivity index (χ4v) is 3.36. The number of nitrogens with zero attached hydrogens (tertiary/aromatic N) is 1. The average molecular weight is 371 g/mol. The summed E-state index contributed by atoms with van der Waals surface area (Å²) in [5.41, 5.74) is 0.217. The number of nitrogens with one attached hydrogen (secondary N) is 1. The minimum Gasteiger partial charge on any atom is -0.351 e. The monoisotopic (exact) mass is 370 g/mol. The molecule has 8 heteroatoms. The van der Waals surface area contributed by atoms with Crippen molar-refractivity contribution in [1.82, 2.24) is 5.32 Å². The fraction of sp³-hybridized carbons (Fsp3) is 0.188. The van der Waals surface area contributed by atoms with Crippen molar-refractivity contribution < 1.29 is 17.6 Å². The van der Waals surface area contributed by atoms with Gasteiger partial charge in [0.15, 0.2) is 0 Å². The number of anilines is 1. The summed E-state index contributed by atoms with van der Waals surface area (Å²) in [6.07, 6.45) is 0. The van der Waals surface area contributed by atoms with Crippen LogP contribution in [-0.4, -0.2) is 33.7 Å². The topological polar surface area (TPSA) is 66.5 Å². The first-order valence-corrected chi connectivity index (χ1v) is 9.05. The van der Waals surface area contributed by atoms with Gasteiger partial charge in [0.05, 0.1) is 22.0 Å². The van der Waals surface area contributed by atoms with Crippen LogP contribution in [0.2, 0.25) is 5.02 Å². The second-order valence-electron chi connectivity index (χ2n) is 4.97. The molecule has 0 aliphatic rings. The zero-order valence-electron chi connectivity index (χ0n) is 12.9. The number of halogens is 2. The Balaban J connectivity index is 1.99. The molecule has 24 heavy (non-hydrogen) atoms. The number of benzene rings is 2. The van der Waals surface area contributed by atoms with Gasteiger partial charge in [0.2, 0.25) is 10.0 Å². The van der Waals surface area contributed by atoms with Crippen LogP contribution in [0.25, 0.3) is 0 Å². The van der Waals surface area contributed by atoms with Crippen LogP contribution in [0.1, 0.15) is 10.4 Å². The molecule has 0 aliphatic carbocycles. The summed E-state index contributed by atoms with van der Waals surface area (Å²) < 4.78 is 39.3. The Morgan fingerprint density at radius 3 is 2.46 bits per heavy atom. The van der Waals surface area contributed by atoms with E-state index >= 15 is 0 Å². The van der Waals surface area contributed by atoms with Gasteiger partial charge in [0, 0.05) is 13.6 Å². The lowest BCUT2D eigenvalue weighted by Gasteiger charge is -2.19. The second kappa shape index (κ2) is 7.63. The largest absolute Gasteiger partial charge is 0.351 e. The lowest BCUT2D eigenvalue weighted by atomic mass is 10.2. The molecule has 0 bridgehead atoms. The zero-order chi connectivity index (χ0) is 17.7. The SMILES string of the molecule is CN(c1ccccc1)S(=O)(=O)CCNC(=O)c1c(F)cccc1Cl. The van der Waals surface area contributed by atoms with E-state index in [2.05, 4.69) is 5.32 Å². The van der Waals surface area contributed by atoms with E-state index in [0.717, 1.165) is 10.4 Å². The first-order chi connectivity index (χ1) is 11.3. The van der Waals surface area contributed by atoms with Crippen molar-refractivity contribution in [2.45, 2.75) is 0 Å². The maximum absolute atomic E-state index is 13.6. The van der Waals surface area contributed by atoms with Crippen LogP contribution in [0.15, 0.2) is 48.5 Å². The first-order valence-electron chi connectivity index (χ1n) is 7.07. The molecule has 0 heterocycles. The average Bonchev–Trinajstić information content (AvgIpc) is 2.54. The molecule has 0 aromatic heterocycles.